The monoisotopic (exact) mass is 732 g/mol. The molecule has 246 valence electrons. The summed E-state index contributed by atoms with van der Waals surface area (Å²) in [4.78, 5) is 0. The van der Waals surface area contributed by atoms with Gasteiger partial charge in [-0.2, -0.15) is 0 Å². The van der Waals surface area contributed by atoms with Gasteiger partial charge in [0.2, 0.25) is 0 Å². The molecule has 0 unspecified atom stereocenters. The van der Waals surface area contributed by atoms with Gasteiger partial charge in [-0.05, 0) is 0 Å². The van der Waals surface area contributed by atoms with Crippen LogP contribution in [0, 0.1) is 23.2 Å². The molecule has 0 nitrogen and oxygen atoms in total. The molecule has 3 heteroatoms. The van der Waals surface area contributed by atoms with Crippen LogP contribution in [0.1, 0.15) is 151 Å². The summed E-state index contributed by atoms with van der Waals surface area (Å²) in [6.07, 6.45) is 20.3. The summed E-state index contributed by atoms with van der Waals surface area (Å²) in [5, 5.41) is 0. The molecule has 0 heterocycles. The summed E-state index contributed by atoms with van der Waals surface area (Å²) in [6, 6.07) is 15.4. The summed E-state index contributed by atoms with van der Waals surface area (Å²) >= 11 is -2.38. The van der Waals surface area contributed by atoms with Crippen molar-refractivity contribution in [2.75, 3.05) is 0 Å². The van der Waals surface area contributed by atoms with E-state index in [0.29, 0.717) is 9.04 Å². The molecule has 2 aromatic carbocycles. The summed E-state index contributed by atoms with van der Waals surface area (Å²) in [6.45, 7) is 17.0. The summed E-state index contributed by atoms with van der Waals surface area (Å²) < 4.78 is 4.79. The van der Waals surface area contributed by atoms with Crippen LogP contribution in [-0.2, 0) is 32.1 Å². The average molecular weight is 735 g/mol. The Balaban J connectivity index is 0.00000186. The van der Waals surface area contributed by atoms with Gasteiger partial charge in [-0.15, -0.1) is 0 Å². The Bertz CT molecular complexity index is 1510. The van der Waals surface area contributed by atoms with Gasteiger partial charge < -0.3 is 24.8 Å². The third-order valence-corrected chi connectivity index (χ3v) is 21.8. The molecule has 5 saturated carbocycles. The van der Waals surface area contributed by atoms with Gasteiger partial charge >= 0.3 is 278 Å². The second kappa shape index (κ2) is 12.5. The first-order valence-electron chi connectivity index (χ1n) is 18.3. The Kier molecular flexibility index (Phi) is 9.57. The van der Waals surface area contributed by atoms with Gasteiger partial charge in [-0.25, -0.2) is 0 Å². The minimum Gasteiger partial charge on any atom is -1.00 e. The molecule has 0 radical (unpaired) electrons. The molecule has 0 aliphatic heterocycles. The van der Waals surface area contributed by atoms with Gasteiger partial charge in [0.15, 0.2) is 0 Å². The molecular formula is C43H56Cl2Zr. The maximum atomic E-state index is 2.72. The van der Waals surface area contributed by atoms with Crippen molar-refractivity contribution in [3.05, 3.63) is 79.2 Å². The van der Waals surface area contributed by atoms with Gasteiger partial charge in [0, 0.05) is 0 Å². The van der Waals surface area contributed by atoms with Gasteiger partial charge in [0.1, 0.15) is 0 Å². The molecule has 9 rings (SSSR count). The van der Waals surface area contributed by atoms with Crippen LogP contribution in [0.15, 0.2) is 56.9 Å². The maximum absolute atomic E-state index is 2.72. The zero-order valence-electron chi connectivity index (χ0n) is 29.6. The van der Waals surface area contributed by atoms with E-state index < -0.39 is 21.3 Å². The van der Waals surface area contributed by atoms with E-state index in [1.165, 1.54) is 68.9 Å². The first-order chi connectivity index (χ1) is 20.9. The Morgan fingerprint density at radius 3 is 1.61 bits per heavy atom. The molecular weight excluding hydrogens is 679 g/mol. The molecule has 0 amide bonds. The number of hydrogen-bond donors (Lipinski definition) is 0. The van der Waals surface area contributed by atoms with E-state index in [2.05, 4.69) is 97.4 Å². The quantitative estimate of drug-likeness (QED) is 0.367. The number of benzene rings is 2. The van der Waals surface area contributed by atoms with E-state index in [9.17, 15) is 0 Å². The Morgan fingerprint density at radius 2 is 1.15 bits per heavy atom. The first kappa shape index (κ1) is 35.1. The number of hydrogen-bond acceptors (Lipinski definition) is 0. The van der Waals surface area contributed by atoms with Gasteiger partial charge in [-0.1, -0.05) is 0 Å². The molecule has 5 fully saturated rings. The predicted molar refractivity (Wildman–Crippen MR) is 185 cm³/mol. The summed E-state index contributed by atoms with van der Waals surface area (Å²) in [5.41, 5.74) is 14.1. The molecule has 7 aliphatic rings. The molecule has 46 heavy (non-hydrogen) atoms. The Hall–Kier alpha value is -0.747. The molecule has 0 atom stereocenters. The fourth-order valence-electron chi connectivity index (χ4n) is 11.4. The minimum atomic E-state index is -2.38. The molecule has 0 aromatic heterocycles. The molecule has 0 spiro atoms. The standard InChI is InChI=1S/C21H25.C16H21.C6H10.2ClH.Zr/c1-20(2,3)16-7-9-18-14(12-16)11-15-13-17(21(4,5)6)8-10-19(15)18;1-11-3-2-4-15(11)16-8-12-5-13(9-16)7-14(6-12)10-16;1-2-4-6-5-3-1;;;/h7-13H,1-6H3;3,12-14H,2,5-10H2,1H3;1-5H2;2*1H;/q;;;;;+2/p-2. The fourth-order valence-corrected chi connectivity index (χ4v) is 21.8. The van der Waals surface area contributed by atoms with Crippen molar-refractivity contribution in [3.63, 3.8) is 0 Å². The van der Waals surface area contributed by atoms with Crippen LogP contribution < -0.4 is 24.8 Å². The van der Waals surface area contributed by atoms with Crippen LogP contribution >= 0.6 is 0 Å². The van der Waals surface area contributed by atoms with Crippen molar-refractivity contribution >= 4 is 3.21 Å². The van der Waals surface area contributed by atoms with E-state index in [-0.39, 0.29) is 35.6 Å². The van der Waals surface area contributed by atoms with Crippen LogP contribution in [0.2, 0.25) is 0 Å². The molecule has 2 aromatic rings. The topological polar surface area (TPSA) is 0 Å². The average Bonchev–Trinajstić information content (AvgIpc) is 3.50. The largest absolute Gasteiger partial charge is 1.00 e. The van der Waals surface area contributed by atoms with Gasteiger partial charge in [0.05, 0.1) is 0 Å². The zero-order valence-corrected chi connectivity index (χ0v) is 33.6. The van der Waals surface area contributed by atoms with Crippen molar-refractivity contribution in [2.45, 2.75) is 140 Å². The van der Waals surface area contributed by atoms with Crippen molar-refractivity contribution in [1.82, 2.24) is 0 Å². The second-order valence-electron chi connectivity index (χ2n) is 18.3. The van der Waals surface area contributed by atoms with E-state index >= 15 is 0 Å². The van der Waals surface area contributed by atoms with Gasteiger partial charge in [-0.3, -0.25) is 0 Å². The van der Waals surface area contributed by atoms with Crippen molar-refractivity contribution in [1.29, 1.82) is 0 Å². The van der Waals surface area contributed by atoms with Crippen LogP contribution in [0.25, 0.3) is 11.1 Å². The Morgan fingerprint density at radius 1 is 0.674 bits per heavy atom. The first-order valence-corrected chi connectivity index (χ1v) is 22.2. The van der Waals surface area contributed by atoms with Gasteiger partial charge in [0.25, 0.3) is 0 Å². The molecule has 0 saturated heterocycles. The SMILES string of the molecule is CC1=CC[C]([Zr+2](=[C]2CCCCC2)[CH]2c3cc(C(C)(C)C)ccc3-c3ccc(C(C)(C)C)cc32)=C1C12CC3CC(CC(C3)C1)C2.[Cl-].[Cl-]. The molecule has 4 bridgehead atoms. The van der Waals surface area contributed by atoms with Crippen molar-refractivity contribution in [3.8, 4) is 11.1 Å². The normalized spacial score (nSPS) is 28.3. The number of halogens is 2. The summed E-state index contributed by atoms with van der Waals surface area (Å²) in [5.74, 6) is 3.03. The van der Waals surface area contributed by atoms with E-state index in [1.807, 2.05) is 5.57 Å². The van der Waals surface area contributed by atoms with E-state index in [0.717, 1.165) is 17.8 Å². The molecule has 0 N–H and O–H groups in total. The van der Waals surface area contributed by atoms with Crippen LogP contribution in [0.5, 0.6) is 0 Å². The molecule has 7 aliphatic carbocycles. The Labute approximate surface area is 300 Å². The van der Waals surface area contributed by atoms with Crippen molar-refractivity contribution in [2.24, 2.45) is 23.2 Å². The number of fused-ring (bicyclic) bond motifs is 3. The number of rotatable bonds is 3. The minimum absolute atomic E-state index is 0. The summed E-state index contributed by atoms with van der Waals surface area (Å²) in [7, 11) is 0. The van der Waals surface area contributed by atoms with E-state index in [4.69, 9.17) is 0 Å². The smallest absolute Gasteiger partial charge is 1.00 e. The van der Waals surface area contributed by atoms with Crippen LogP contribution in [-0.4, -0.2) is 3.21 Å². The van der Waals surface area contributed by atoms with Crippen LogP contribution in [0.4, 0.5) is 0 Å². The van der Waals surface area contributed by atoms with Crippen molar-refractivity contribution < 1.29 is 46.1 Å². The second-order valence-corrected chi connectivity index (χ2v) is 24.9. The number of allylic oxidation sites excluding steroid dienone is 4. The van der Waals surface area contributed by atoms with Crippen LogP contribution in [0.3, 0.4) is 0 Å². The zero-order chi connectivity index (χ0) is 30.6. The maximum Gasteiger partial charge on any atom is -1.00 e. The third kappa shape index (κ3) is 5.81. The predicted octanol–water partition coefficient (Wildman–Crippen LogP) is 5.93. The fraction of sp³-hybridized carbons (Fsp3) is 0.605. The van der Waals surface area contributed by atoms with E-state index in [1.54, 1.807) is 47.1 Å². The third-order valence-electron chi connectivity index (χ3n) is 13.1.